The summed E-state index contributed by atoms with van der Waals surface area (Å²) in [5.74, 6) is 0.0403. The zero-order chi connectivity index (χ0) is 20.7. The molecule has 1 fully saturated rings. The van der Waals surface area contributed by atoms with Crippen molar-refractivity contribution in [3.63, 3.8) is 0 Å². The van der Waals surface area contributed by atoms with Crippen LogP contribution in [0.25, 0.3) is 0 Å². The number of aromatic nitrogens is 2. The maximum atomic E-state index is 11.4. The Morgan fingerprint density at radius 1 is 1.34 bits per heavy atom. The van der Waals surface area contributed by atoms with Gasteiger partial charge in [0.05, 0.1) is 11.8 Å². The number of aliphatic hydroxyl groups excluding tert-OH is 1. The molecule has 1 amide bonds. The van der Waals surface area contributed by atoms with Crippen LogP contribution in [0.15, 0.2) is 18.3 Å². The SMILES string of the molecule is Cc1cc(C(N)=O)c(O)cc1Nc1ncc2c(n1)N(C1CCOCC1)C(O)N2C. The molecule has 2 aliphatic rings. The molecule has 3 heterocycles. The first-order valence-electron chi connectivity index (χ1n) is 9.41. The van der Waals surface area contributed by atoms with Crippen molar-refractivity contribution in [2.75, 3.05) is 35.4 Å². The number of nitrogens with two attached hydrogens (primary N) is 1. The normalized spacial score (nSPS) is 19.3. The van der Waals surface area contributed by atoms with E-state index in [-0.39, 0.29) is 17.4 Å². The zero-order valence-electron chi connectivity index (χ0n) is 16.3. The minimum atomic E-state index is -0.821. The minimum absolute atomic E-state index is 0.0540. The van der Waals surface area contributed by atoms with Gasteiger partial charge in [-0.25, -0.2) is 4.98 Å². The van der Waals surface area contributed by atoms with E-state index in [0.29, 0.717) is 36.2 Å². The molecule has 29 heavy (non-hydrogen) atoms. The molecule has 1 aromatic heterocycles. The maximum absolute atomic E-state index is 11.4. The van der Waals surface area contributed by atoms with Crippen molar-refractivity contribution in [1.82, 2.24) is 9.97 Å². The van der Waals surface area contributed by atoms with E-state index in [1.807, 2.05) is 4.90 Å². The lowest BCUT2D eigenvalue weighted by atomic mass is 10.1. The van der Waals surface area contributed by atoms with Gasteiger partial charge in [0, 0.05) is 38.1 Å². The molecule has 10 heteroatoms. The van der Waals surface area contributed by atoms with E-state index in [1.54, 1.807) is 25.1 Å². The Labute approximate surface area is 167 Å². The van der Waals surface area contributed by atoms with Gasteiger partial charge in [0.15, 0.2) is 5.82 Å². The number of aromatic hydroxyl groups is 1. The zero-order valence-corrected chi connectivity index (χ0v) is 16.3. The van der Waals surface area contributed by atoms with E-state index < -0.39 is 12.3 Å². The number of aryl methyl sites for hydroxylation is 1. The topological polar surface area (TPSA) is 137 Å². The van der Waals surface area contributed by atoms with E-state index >= 15 is 0 Å². The fraction of sp³-hybridized carbons (Fsp3) is 0.421. The van der Waals surface area contributed by atoms with Gasteiger partial charge in [0.25, 0.3) is 5.91 Å². The molecule has 1 aromatic carbocycles. The molecule has 1 saturated heterocycles. The molecule has 0 aliphatic carbocycles. The molecule has 0 spiro atoms. The number of hydrogen-bond acceptors (Lipinski definition) is 9. The lowest BCUT2D eigenvalue weighted by molar-refractivity contribution is 0.0701. The summed E-state index contributed by atoms with van der Waals surface area (Å²) >= 11 is 0. The third-order valence-corrected chi connectivity index (χ3v) is 5.41. The fourth-order valence-electron chi connectivity index (χ4n) is 3.76. The second kappa shape index (κ2) is 7.37. The second-order valence-electron chi connectivity index (χ2n) is 7.28. The van der Waals surface area contributed by atoms with E-state index in [2.05, 4.69) is 15.3 Å². The van der Waals surface area contributed by atoms with Crippen LogP contribution in [0.5, 0.6) is 5.75 Å². The lowest BCUT2D eigenvalue weighted by Crippen LogP contribution is -2.49. The van der Waals surface area contributed by atoms with Crippen LogP contribution in [0.3, 0.4) is 0 Å². The van der Waals surface area contributed by atoms with Gasteiger partial charge in [-0.15, -0.1) is 0 Å². The molecular weight excluding hydrogens is 376 g/mol. The molecule has 154 valence electrons. The number of benzene rings is 1. The van der Waals surface area contributed by atoms with Crippen molar-refractivity contribution in [2.45, 2.75) is 32.2 Å². The fourth-order valence-corrected chi connectivity index (χ4v) is 3.76. The van der Waals surface area contributed by atoms with Gasteiger partial charge in [-0.05, 0) is 31.4 Å². The highest BCUT2D eigenvalue weighted by molar-refractivity contribution is 5.96. The minimum Gasteiger partial charge on any atom is -0.507 e. The third-order valence-electron chi connectivity index (χ3n) is 5.41. The number of phenols is 1. The summed E-state index contributed by atoms with van der Waals surface area (Å²) in [6, 6.07) is 3.05. The van der Waals surface area contributed by atoms with Crippen LogP contribution in [0.1, 0.15) is 28.8 Å². The molecule has 2 aromatic rings. The van der Waals surface area contributed by atoms with Crippen molar-refractivity contribution in [3.05, 3.63) is 29.5 Å². The molecule has 1 atom stereocenters. The van der Waals surface area contributed by atoms with Crippen molar-refractivity contribution in [2.24, 2.45) is 5.73 Å². The molecular formula is C19H24N6O4. The quantitative estimate of drug-likeness (QED) is 0.593. The van der Waals surface area contributed by atoms with Gasteiger partial charge in [0.2, 0.25) is 12.3 Å². The third kappa shape index (κ3) is 3.40. The van der Waals surface area contributed by atoms with Gasteiger partial charge in [-0.1, -0.05) is 0 Å². The number of carbonyl (C=O) groups excluding carboxylic acids is 1. The number of anilines is 4. The number of hydrogen-bond donors (Lipinski definition) is 4. The van der Waals surface area contributed by atoms with Crippen molar-refractivity contribution in [1.29, 1.82) is 0 Å². The first-order chi connectivity index (χ1) is 13.9. The van der Waals surface area contributed by atoms with Gasteiger partial charge in [0.1, 0.15) is 11.4 Å². The smallest absolute Gasteiger partial charge is 0.252 e. The Hall–Kier alpha value is -3.11. The average molecular weight is 400 g/mol. The summed E-state index contributed by atoms with van der Waals surface area (Å²) in [4.78, 5) is 24.0. The summed E-state index contributed by atoms with van der Waals surface area (Å²) in [5.41, 5.74) is 7.32. The molecule has 1 unspecified atom stereocenters. The number of fused-ring (bicyclic) bond motifs is 1. The molecule has 5 N–H and O–H groups in total. The van der Waals surface area contributed by atoms with E-state index in [1.165, 1.54) is 12.1 Å². The Morgan fingerprint density at radius 3 is 2.76 bits per heavy atom. The molecule has 4 rings (SSSR count). The second-order valence-corrected chi connectivity index (χ2v) is 7.28. The van der Waals surface area contributed by atoms with Crippen LogP contribution in [-0.4, -0.2) is 58.7 Å². The highest BCUT2D eigenvalue weighted by atomic mass is 16.5. The predicted molar refractivity (Wildman–Crippen MR) is 107 cm³/mol. The lowest BCUT2D eigenvalue weighted by Gasteiger charge is -2.35. The summed E-state index contributed by atoms with van der Waals surface area (Å²) in [6.45, 7) is 3.08. The first kappa shape index (κ1) is 19.2. The number of amides is 1. The predicted octanol–water partition coefficient (Wildman–Crippen LogP) is 1.04. The Kier molecular flexibility index (Phi) is 4.89. The number of nitrogens with one attached hydrogen (secondary N) is 1. The molecule has 0 radical (unpaired) electrons. The van der Waals surface area contributed by atoms with E-state index in [4.69, 9.17) is 10.5 Å². The highest BCUT2D eigenvalue weighted by Gasteiger charge is 2.39. The van der Waals surface area contributed by atoms with Crippen LogP contribution in [0.4, 0.5) is 23.1 Å². The van der Waals surface area contributed by atoms with Crippen molar-refractivity contribution >= 4 is 29.0 Å². The van der Waals surface area contributed by atoms with Crippen LogP contribution < -0.4 is 20.9 Å². The van der Waals surface area contributed by atoms with Crippen molar-refractivity contribution < 1.29 is 19.7 Å². The number of aliphatic hydroxyl groups is 1. The van der Waals surface area contributed by atoms with E-state index in [0.717, 1.165) is 18.5 Å². The number of carbonyl (C=O) groups is 1. The largest absolute Gasteiger partial charge is 0.507 e. The Bertz CT molecular complexity index is 947. The van der Waals surface area contributed by atoms with E-state index in [9.17, 15) is 15.0 Å². The number of rotatable bonds is 4. The average Bonchev–Trinajstić information content (AvgIpc) is 2.95. The van der Waals surface area contributed by atoms with Gasteiger partial charge >= 0.3 is 0 Å². The Morgan fingerprint density at radius 2 is 2.07 bits per heavy atom. The summed E-state index contributed by atoms with van der Waals surface area (Å²) < 4.78 is 5.44. The summed E-state index contributed by atoms with van der Waals surface area (Å²) in [6.07, 6.45) is 2.44. The number of primary amides is 1. The Balaban J connectivity index is 1.65. The molecule has 2 aliphatic heterocycles. The number of nitrogens with zero attached hydrogens (tertiary/aromatic N) is 4. The van der Waals surface area contributed by atoms with Crippen LogP contribution in [0, 0.1) is 6.92 Å². The highest BCUT2D eigenvalue weighted by Crippen LogP contribution is 2.39. The van der Waals surface area contributed by atoms with Crippen molar-refractivity contribution in [3.8, 4) is 5.75 Å². The van der Waals surface area contributed by atoms with Crippen LogP contribution in [0.2, 0.25) is 0 Å². The number of ether oxygens (including phenoxy) is 1. The molecule has 0 bridgehead atoms. The van der Waals surface area contributed by atoms with Gasteiger partial charge in [-0.3, -0.25) is 4.79 Å². The van der Waals surface area contributed by atoms with Crippen LogP contribution >= 0.6 is 0 Å². The summed E-state index contributed by atoms with van der Waals surface area (Å²) in [7, 11) is 1.80. The molecule has 10 nitrogen and oxygen atoms in total. The maximum Gasteiger partial charge on any atom is 0.252 e. The van der Waals surface area contributed by atoms with Crippen LogP contribution in [-0.2, 0) is 4.74 Å². The first-order valence-corrected chi connectivity index (χ1v) is 9.41. The van der Waals surface area contributed by atoms with Gasteiger partial charge in [-0.2, -0.15) is 4.98 Å². The monoisotopic (exact) mass is 400 g/mol. The summed E-state index contributed by atoms with van der Waals surface area (Å²) in [5, 5.41) is 23.9. The molecule has 0 saturated carbocycles. The standard InChI is InChI=1S/C19H24N6O4/c1-10-7-12(16(20)27)15(26)8-13(10)22-18-21-9-14-17(23-18)25(19(28)24(14)2)11-3-5-29-6-4-11/h7-9,11,19,26,28H,3-6H2,1-2H3,(H2,20,27)(H,21,22,23). The van der Waals surface area contributed by atoms with Gasteiger partial charge < -0.3 is 35.8 Å².